The van der Waals surface area contributed by atoms with Gasteiger partial charge in [0.25, 0.3) is 0 Å². The first-order valence-corrected chi connectivity index (χ1v) is 5.34. The lowest BCUT2D eigenvalue weighted by Gasteiger charge is -2.03. The van der Waals surface area contributed by atoms with Crippen molar-refractivity contribution in [1.29, 1.82) is 0 Å². The van der Waals surface area contributed by atoms with E-state index in [1.165, 1.54) is 12.6 Å². The van der Waals surface area contributed by atoms with Crippen LogP contribution in [-0.2, 0) is 0 Å². The second kappa shape index (κ2) is 4.05. The predicted molar refractivity (Wildman–Crippen MR) is 66.4 cm³/mol. The molecule has 0 atom stereocenters. The van der Waals surface area contributed by atoms with Crippen molar-refractivity contribution >= 4 is 22.9 Å². The van der Waals surface area contributed by atoms with Crippen LogP contribution in [0.3, 0.4) is 0 Å². The zero-order chi connectivity index (χ0) is 13.4. The second-order valence-corrected chi connectivity index (χ2v) is 3.83. The Balaban J connectivity index is 2.10. The van der Waals surface area contributed by atoms with E-state index in [0.29, 0.717) is 17.0 Å². The molecule has 0 unspecified atom stereocenters. The fraction of sp³-hybridized carbons (Fsp3) is 0. The SMILES string of the molecule is Nc1nc(-c2ccc3ncoc3c2)ncc1C(=O)O. The molecule has 0 saturated carbocycles. The van der Waals surface area contributed by atoms with Crippen LogP contribution in [0, 0.1) is 0 Å². The van der Waals surface area contributed by atoms with Gasteiger partial charge in [0, 0.05) is 11.8 Å². The van der Waals surface area contributed by atoms with Crippen LogP contribution in [0.4, 0.5) is 5.82 Å². The first-order chi connectivity index (χ1) is 9.15. The maximum absolute atomic E-state index is 10.8. The Labute approximate surface area is 106 Å². The summed E-state index contributed by atoms with van der Waals surface area (Å²) in [6, 6.07) is 5.25. The van der Waals surface area contributed by atoms with Gasteiger partial charge in [0.05, 0.1) is 0 Å². The number of carbonyl (C=O) groups is 1. The van der Waals surface area contributed by atoms with Crippen molar-refractivity contribution in [2.75, 3.05) is 5.73 Å². The summed E-state index contributed by atoms with van der Waals surface area (Å²) in [6.45, 7) is 0. The van der Waals surface area contributed by atoms with E-state index in [9.17, 15) is 4.79 Å². The predicted octanol–water partition coefficient (Wildman–Crippen LogP) is 1.57. The molecule has 1 aromatic carbocycles. The Bertz CT molecular complexity index is 781. The summed E-state index contributed by atoms with van der Waals surface area (Å²) in [5.41, 5.74) is 7.46. The number of hydrogen-bond donors (Lipinski definition) is 2. The van der Waals surface area contributed by atoms with Crippen molar-refractivity contribution in [3.05, 3.63) is 36.4 Å². The molecule has 19 heavy (non-hydrogen) atoms. The second-order valence-electron chi connectivity index (χ2n) is 3.83. The molecule has 0 amide bonds. The fourth-order valence-corrected chi connectivity index (χ4v) is 1.69. The van der Waals surface area contributed by atoms with Crippen LogP contribution >= 0.6 is 0 Å². The molecular formula is C12H8N4O3. The number of hydrogen-bond acceptors (Lipinski definition) is 6. The molecule has 3 rings (SSSR count). The van der Waals surface area contributed by atoms with E-state index in [1.54, 1.807) is 18.2 Å². The number of anilines is 1. The number of nitrogen functional groups attached to an aromatic ring is 1. The monoisotopic (exact) mass is 256 g/mol. The molecule has 0 fully saturated rings. The van der Waals surface area contributed by atoms with Crippen LogP contribution in [0.5, 0.6) is 0 Å². The molecule has 3 N–H and O–H groups in total. The number of benzene rings is 1. The van der Waals surface area contributed by atoms with E-state index in [4.69, 9.17) is 15.3 Å². The molecule has 3 aromatic rings. The quantitative estimate of drug-likeness (QED) is 0.714. The number of aromatic carboxylic acids is 1. The highest BCUT2D eigenvalue weighted by Crippen LogP contribution is 2.22. The number of rotatable bonds is 2. The van der Waals surface area contributed by atoms with Crippen LogP contribution in [0.25, 0.3) is 22.5 Å². The number of nitrogens with two attached hydrogens (primary N) is 1. The molecule has 94 valence electrons. The van der Waals surface area contributed by atoms with Crippen molar-refractivity contribution in [2.24, 2.45) is 0 Å². The number of carboxylic acids is 1. The van der Waals surface area contributed by atoms with Crippen molar-refractivity contribution < 1.29 is 14.3 Å². The normalized spacial score (nSPS) is 10.7. The minimum atomic E-state index is -1.16. The van der Waals surface area contributed by atoms with Gasteiger partial charge in [-0.15, -0.1) is 0 Å². The first-order valence-electron chi connectivity index (χ1n) is 5.34. The van der Waals surface area contributed by atoms with E-state index >= 15 is 0 Å². The highest BCUT2D eigenvalue weighted by atomic mass is 16.4. The van der Waals surface area contributed by atoms with Crippen molar-refractivity contribution in [3.8, 4) is 11.4 Å². The summed E-state index contributed by atoms with van der Waals surface area (Å²) in [5, 5.41) is 8.86. The maximum Gasteiger partial charge on any atom is 0.341 e. The molecule has 0 aliphatic rings. The van der Waals surface area contributed by atoms with E-state index in [1.807, 2.05) is 0 Å². The topological polar surface area (TPSA) is 115 Å². The number of carboxylic acid groups (broad SMARTS) is 1. The molecule has 0 aliphatic heterocycles. The summed E-state index contributed by atoms with van der Waals surface area (Å²) in [5.74, 6) is -0.897. The first kappa shape index (κ1) is 11.1. The summed E-state index contributed by atoms with van der Waals surface area (Å²) in [6.07, 6.45) is 2.53. The number of nitrogens with zero attached hydrogens (tertiary/aromatic N) is 3. The summed E-state index contributed by atoms with van der Waals surface area (Å²) < 4.78 is 5.18. The smallest absolute Gasteiger partial charge is 0.341 e. The van der Waals surface area contributed by atoms with Crippen LogP contribution in [0.2, 0.25) is 0 Å². The Hall–Kier alpha value is -2.96. The zero-order valence-corrected chi connectivity index (χ0v) is 9.57. The lowest BCUT2D eigenvalue weighted by atomic mass is 10.2. The third-order valence-corrected chi connectivity index (χ3v) is 2.64. The van der Waals surface area contributed by atoms with Crippen LogP contribution in [0.15, 0.2) is 35.2 Å². The van der Waals surface area contributed by atoms with Crippen molar-refractivity contribution in [2.45, 2.75) is 0 Å². The number of aromatic nitrogens is 3. The molecule has 0 saturated heterocycles. The van der Waals surface area contributed by atoms with Gasteiger partial charge >= 0.3 is 5.97 Å². The zero-order valence-electron chi connectivity index (χ0n) is 9.57. The van der Waals surface area contributed by atoms with Gasteiger partial charge in [-0.2, -0.15) is 0 Å². The molecule has 7 nitrogen and oxygen atoms in total. The summed E-state index contributed by atoms with van der Waals surface area (Å²) in [4.78, 5) is 22.8. The summed E-state index contributed by atoms with van der Waals surface area (Å²) in [7, 11) is 0. The molecule has 0 aliphatic carbocycles. The van der Waals surface area contributed by atoms with E-state index in [-0.39, 0.29) is 11.4 Å². The van der Waals surface area contributed by atoms with Gasteiger partial charge in [-0.3, -0.25) is 0 Å². The molecule has 0 radical (unpaired) electrons. The molecule has 0 spiro atoms. The minimum Gasteiger partial charge on any atom is -0.477 e. The number of oxazole rings is 1. The molecule has 7 heteroatoms. The molecule has 2 heterocycles. The highest BCUT2D eigenvalue weighted by Gasteiger charge is 2.12. The third kappa shape index (κ3) is 1.86. The van der Waals surface area contributed by atoms with Gasteiger partial charge < -0.3 is 15.3 Å². The standard InChI is InChI=1S/C12H8N4O3/c13-10-7(12(17)18)4-14-11(16-10)6-1-2-8-9(3-6)19-5-15-8/h1-5H,(H,17,18)(H2,13,14,16). The molecule has 2 aromatic heterocycles. The Kier molecular flexibility index (Phi) is 2.38. The van der Waals surface area contributed by atoms with Gasteiger partial charge in [0.2, 0.25) is 0 Å². The Morgan fingerprint density at radius 3 is 2.89 bits per heavy atom. The van der Waals surface area contributed by atoms with Crippen LogP contribution < -0.4 is 5.73 Å². The average Bonchev–Trinajstić information content (AvgIpc) is 2.85. The molecular weight excluding hydrogens is 248 g/mol. The maximum atomic E-state index is 10.8. The van der Waals surface area contributed by atoms with Gasteiger partial charge in [0.1, 0.15) is 16.9 Å². The van der Waals surface area contributed by atoms with Crippen LogP contribution in [0.1, 0.15) is 10.4 Å². The van der Waals surface area contributed by atoms with E-state index < -0.39 is 5.97 Å². The third-order valence-electron chi connectivity index (χ3n) is 2.64. The van der Waals surface area contributed by atoms with Crippen molar-refractivity contribution in [1.82, 2.24) is 15.0 Å². The Morgan fingerprint density at radius 1 is 1.32 bits per heavy atom. The van der Waals surface area contributed by atoms with Gasteiger partial charge in [-0.05, 0) is 18.2 Å². The van der Waals surface area contributed by atoms with Crippen molar-refractivity contribution in [3.63, 3.8) is 0 Å². The fourth-order valence-electron chi connectivity index (χ4n) is 1.69. The number of fused-ring (bicyclic) bond motifs is 1. The van der Waals surface area contributed by atoms with E-state index in [0.717, 1.165) is 5.52 Å². The average molecular weight is 256 g/mol. The van der Waals surface area contributed by atoms with E-state index in [2.05, 4.69) is 15.0 Å². The van der Waals surface area contributed by atoms with Gasteiger partial charge in [0.15, 0.2) is 17.8 Å². The lowest BCUT2D eigenvalue weighted by molar-refractivity contribution is 0.0697. The molecule has 0 bridgehead atoms. The summed E-state index contributed by atoms with van der Waals surface area (Å²) >= 11 is 0. The largest absolute Gasteiger partial charge is 0.477 e. The van der Waals surface area contributed by atoms with Gasteiger partial charge in [-0.25, -0.2) is 19.7 Å². The highest BCUT2D eigenvalue weighted by molar-refractivity contribution is 5.92. The lowest BCUT2D eigenvalue weighted by Crippen LogP contribution is -2.06. The Morgan fingerprint density at radius 2 is 2.16 bits per heavy atom. The van der Waals surface area contributed by atoms with Gasteiger partial charge in [-0.1, -0.05) is 0 Å². The minimum absolute atomic E-state index is 0.0739. The van der Waals surface area contributed by atoms with Crippen LogP contribution in [-0.4, -0.2) is 26.0 Å².